The average Bonchev–Trinajstić information content (AvgIpc) is 2.32. The van der Waals surface area contributed by atoms with E-state index in [0.29, 0.717) is 11.0 Å². The van der Waals surface area contributed by atoms with Crippen LogP contribution in [0.2, 0.25) is 0 Å². The van der Waals surface area contributed by atoms with Crippen molar-refractivity contribution in [1.82, 2.24) is 20.2 Å². The molecule has 0 aliphatic heterocycles. The third kappa shape index (κ3) is 1.42. The van der Waals surface area contributed by atoms with Gasteiger partial charge in [-0.25, -0.2) is 9.97 Å². The summed E-state index contributed by atoms with van der Waals surface area (Å²) < 4.78 is 0. The molecule has 2 N–H and O–H groups in total. The second-order valence-corrected chi connectivity index (χ2v) is 4.28. The molecule has 2 aromatic heterocycles. The molecule has 6 heteroatoms. The van der Waals surface area contributed by atoms with Gasteiger partial charge in [-0.15, -0.1) is 0 Å². The van der Waals surface area contributed by atoms with E-state index < -0.39 is 11.1 Å². The lowest BCUT2D eigenvalue weighted by Crippen LogP contribution is -2.21. The molecule has 3 rings (SSSR count). The Morgan fingerprint density at radius 3 is 2.17 bits per heavy atom. The van der Waals surface area contributed by atoms with Gasteiger partial charge in [0.2, 0.25) is 0 Å². The van der Waals surface area contributed by atoms with Crippen LogP contribution in [0, 0.1) is 13.8 Å². The van der Waals surface area contributed by atoms with Crippen molar-refractivity contribution in [3.8, 4) is 0 Å². The molecule has 0 saturated carbocycles. The second kappa shape index (κ2) is 3.49. The molecule has 18 heavy (non-hydrogen) atoms. The Bertz CT molecular complexity index is 892. The van der Waals surface area contributed by atoms with Gasteiger partial charge in [0.05, 0.1) is 11.0 Å². The highest BCUT2D eigenvalue weighted by atomic mass is 16.1. The summed E-state index contributed by atoms with van der Waals surface area (Å²) in [6.45, 7) is 3.84. The highest BCUT2D eigenvalue weighted by Crippen LogP contribution is 2.17. The summed E-state index contributed by atoms with van der Waals surface area (Å²) in [5, 5.41) is 4.48. The Balaban J connectivity index is 2.64. The van der Waals surface area contributed by atoms with Gasteiger partial charge in [0.25, 0.3) is 11.1 Å². The normalized spacial score (nSPS) is 11.2. The number of aromatic nitrogens is 4. The lowest BCUT2D eigenvalue weighted by molar-refractivity contribution is 0.965. The van der Waals surface area contributed by atoms with E-state index in [1.165, 1.54) is 0 Å². The number of hydrogen-bond acceptors (Lipinski definition) is 4. The first-order valence-corrected chi connectivity index (χ1v) is 5.46. The Morgan fingerprint density at radius 2 is 1.50 bits per heavy atom. The number of aromatic amines is 2. The van der Waals surface area contributed by atoms with Crippen molar-refractivity contribution in [3.05, 3.63) is 44.0 Å². The fourth-order valence-electron chi connectivity index (χ4n) is 2.05. The quantitative estimate of drug-likeness (QED) is 0.570. The van der Waals surface area contributed by atoms with Crippen LogP contribution in [0.4, 0.5) is 0 Å². The molecule has 0 bridgehead atoms. The van der Waals surface area contributed by atoms with Crippen LogP contribution in [0.5, 0.6) is 0 Å². The Kier molecular flexibility index (Phi) is 2.07. The lowest BCUT2D eigenvalue weighted by atomic mass is 10.1. The van der Waals surface area contributed by atoms with E-state index in [4.69, 9.17) is 0 Å². The first kappa shape index (κ1) is 10.6. The van der Waals surface area contributed by atoms with Crippen LogP contribution >= 0.6 is 0 Å². The smallest absolute Gasteiger partial charge is 0.266 e. The predicted molar refractivity (Wildman–Crippen MR) is 67.8 cm³/mol. The molecule has 0 radical (unpaired) electrons. The van der Waals surface area contributed by atoms with Crippen LogP contribution in [0.3, 0.4) is 0 Å². The molecule has 0 amide bonds. The van der Waals surface area contributed by atoms with Gasteiger partial charge in [0, 0.05) is 0 Å². The molecule has 3 aromatic rings. The van der Waals surface area contributed by atoms with Crippen LogP contribution in [0.15, 0.2) is 21.7 Å². The van der Waals surface area contributed by atoms with Gasteiger partial charge in [-0.1, -0.05) is 6.07 Å². The summed E-state index contributed by atoms with van der Waals surface area (Å²) in [7, 11) is 0. The van der Waals surface area contributed by atoms with Crippen LogP contribution in [0.25, 0.3) is 22.1 Å². The average molecular weight is 242 g/mol. The van der Waals surface area contributed by atoms with Gasteiger partial charge in [-0.3, -0.25) is 19.8 Å². The Hall–Kier alpha value is -2.50. The van der Waals surface area contributed by atoms with Crippen molar-refractivity contribution in [2.75, 3.05) is 0 Å². The highest BCUT2D eigenvalue weighted by molar-refractivity contribution is 5.87. The number of nitrogens with one attached hydrogen (secondary N) is 2. The molecular formula is C12H10N4O2. The van der Waals surface area contributed by atoms with Crippen molar-refractivity contribution in [3.63, 3.8) is 0 Å². The number of hydrogen-bond donors (Lipinski definition) is 2. The Labute approximate surface area is 101 Å². The van der Waals surface area contributed by atoms with E-state index in [-0.39, 0.29) is 11.0 Å². The van der Waals surface area contributed by atoms with Crippen molar-refractivity contribution < 1.29 is 0 Å². The van der Waals surface area contributed by atoms with Crippen LogP contribution < -0.4 is 11.1 Å². The molecule has 0 spiro atoms. The number of aryl methyl sites for hydroxylation is 2. The zero-order valence-electron chi connectivity index (χ0n) is 9.87. The molecular weight excluding hydrogens is 232 g/mol. The minimum Gasteiger partial charge on any atom is -0.266 e. The molecule has 1 aromatic carbocycles. The van der Waals surface area contributed by atoms with E-state index in [1.807, 2.05) is 26.0 Å². The number of fused-ring (bicyclic) bond motifs is 2. The minimum absolute atomic E-state index is 0.0660. The zero-order valence-corrected chi connectivity index (χ0v) is 9.87. The topological polar surface area (TPSA) is 91.5 Å². The Morgan fingerprint density at radius 1 is 0.889 bits per heavy atom. The maximum absolute atomic E-state index is 11.6. The number of H-pyrrole nitrogens is 2. The lowest BCUT2D eigenvalue weighted by Gasteiger charge is -2.03. The van der Waals surface area contributed by atoms with Crippen molar-refractivity contribution in [2.45, 2.75) is 13.8 Å². The van der Waals surface area contributed by atoms with E-state index in [9.17, 15) is 9.59 Å². The van der Waals surface area contributed by atoms with Gasteiger partial charge < -0.3 is 0 Å². The predicted octanol–water partition coefficient (Wildman–Crippen LogP) is 0.776. The molecule has 6 nitrogen and oxygen atoms in total. The largest absolute Gasteiger partial charge is 0.290 e. The zero-order chi connectivity index (χ0) is 12.9. The number of nitrogens with zero attached hydrogens (tertiary/aromatic N) is 2. The first-order valence-electron chi connectivity index (χ1n) is 5.46. The molecule has 0 aliphatic rings. The highest BCUT2D eigenvalue weighted by Gasteiger charge is 2.10. The van der Waals surface area contributed by atoms with Crippen LogP contribution in [-0.4, -0.2) is 20.2 Å². The fourth-order valence-corrected chi connectivity index (χ4v) is 2.05. The van der Waals surface area contributed by atoms with E-state index in [0.717, 1.165) is 11.1 Å². The summed E-state index contributed by atoms with van der Waals surface area (Å²) in [6, 6.07) is 3.81. The summed E-state index contributed by atoms with van der Waals surface area (Å²) in [5.41, 5.74) is 2.47. The van der Waals surface area contributed by atoms with E-state index in [2.05, 4.69) is 20.2 Å². The van der Waals surface area contributed by atoms with Crippen LogP contribution in [-0.2, 0) is 0 Å². The molecule has 0 fully saturated rings. The van der Waals surface area contributed by atoms with Gasteiger partial charge in [-0.2, -0.15) is 0 Å². The second-order valence-electron chi connectivity index (χ2n) is 4.28. The first-order chi connectivity index (χ1) is 8.56. The summed E-state index contributed by atoms with van der Waals surface area (Å²) in [6.07, 6.45) is 0. The maximum atomic E-state index is 11.6. The van der Waals surface area contributed by atoms with E-state index in [1.54, 1.807) is 0 Å². The van der Waals surface area contributed by atoms with E-state index >= 15 is 0 Å². The molecule has 0 aliphatic carbocycles. The standard InChI is InChI=1S/C12H10N4O2/c1-5-3-6(2)8-7(4-5)13-9-10(14-8)12(18)16-15-11(9)17/h3-4H,1-2H3,(H,15,17)(H,16,18). The summed E-state index contributed by atoms with van der Waals surface area (Å²) in [4.78, 5) is 31.7. The summed E-state index contributed by atoms with van der Waals surface area (Å²) >= 11 is 0. The third-order valence-corrected chi connectivity index (χ3v) is 2.82. The monoisotopic (exact) mass is 242 g/mol. The van der Waals surface area contributed by atoms with Gasteiger partial charge in [-0.05, 0) is 31.0 Å². The SMILES string of the molecule is Cc1cc(C)c2nc3c(=O)[nH][nH]c(=O)c3nc2c1. The minimum atomic E-state index is -0.446. The third-order valence-electron chi connectivity index (χ3n) is 2.82. The molecule has 0 unspecified atom stereocenters. The molecule has 2 heterocycles. The molecule has 0 atom stereocenters. The van der Waals surface area contributed by atoms with Crippen LogP contribution in [0.1, 0.15) is 11.1 Å². The number of rotatable bonds is 0. The number of benzene rings is 1. The molecule has 0 saturated heterocycles. The summed E-state index contributed by atoms with van der Waals surface area (Å²) in [5.74, 6) is 0. The van der Waals surface area contributed by atoms with Crippen molar-refractivity contribution in [2.24, 2.45) is 0 Å². The van der Waals surface area contributed by atoms with Crippen molar-refractivity contribution >= 4 is 22.1 Å². The van der Waals surface area contributed by atoms with Gasteiger partial charge >= 0.3 is 0 Å². The fraction of sp³-hybridized carbons (Fsp3) is 0.167. The maximum Gasteiger partial charge on any atom is 0.290 e. The van der Waals surface area contributed by atoms with Gasteiger partial charge in [0.1, 0.15) is 0 Å². The van der Waals surface area contributed by atoms with Gasteiger partial charge in [0.15, 0.2) is 11.0 Å². The molecule has 90 valence electrons. The van der Waals surface area contributed by atoms with Crippen molar-refractivity contribution in [1.29, 1.82) is 0 Å².